The van der Waals surface area contributed by atoms with Crippen molar-refractivity contribution in [1.29, 1.82) is 0 Å². The van der Waals surface area contributed by atoms with Gasteiger partial charge in [-0.15, -0.1) is 0 Å². The van der Waals surface area contributed by atoms with Crippen molar-refractivity contribution in [2.45, 2.75) is 44.6 Å². The number of nitrogens with two attached hydrogens (primary N) is 1. The predicted molar refractivity (Wildman–Crippen MR) is 64.7 cm³/mol. The number of rotatable bonds is 3. The zero-order valence-electron chi connectivity index (χ0n) is 9.85. The van der Waals surface area contributed by atoms with Crippen molar-refractivity contribution in [3.05, 3.63) is 29.1 Å². The van der Waals surface area contributed by atoms with Gasteiger partial charge >= 0.3 is 5.97 Å². The highest BCUT2D eigenvalue weighted by Gasteiger charge is 2.18. The fourth-order valence-electron chi connectivity index (χ4n) is 2.48. The molecule has 1 atom stereocenters. The van der Waals surface area contributed by atoms with E-state index in [4.69, 9.17) is 10.8 Å². The quantitative estimate of drug-likeness (QED) is 0.782. The molecule has 0 saturated carbocycles. The zero-order chi connectivity index (χ0) is 12.3. The molecule has 0 saturated heterocycles. The average Bonchev–Trinajstić information content (AvgIpc) is 2.52. The number of hydrogen-bond acceptors (Lipinski definition) is 3. The fourth-order valence-corrected chi connectivity index (χ4v) is 2.48. The molecule has 92 valence electrons. The van der Waals surface area contributed by atoms with Gasteiger partial charge in [-0.2, -0.15) is 0 Å². The van der Waals surface area contributed by atoms with Gasteiger partial charge in [-0.3, -0.25) is 9.78 Å². The third kappa shape index (κ3) is 2.82. The first-order chi connectivity index (χ1) is 8.18. The summed E-state index contributed by atoms with van der Waals surface area (Å²) in [4.78, 5) is 14.9. The van der Waals surface area contributed by atoms with Crippen LogP contribution in [0.4, 0.5) is 0 Å². The lowest BCUT2D eigenvalue weighted by molar-refractivity contribution is -0.137. The molecule has 1 unspecified atom stereocenters. The van der Waals surface area contributed by atoms with Crippen LogP contribution in [0.1, 0.15) is 48.4 Å². The number of aromatic nitrogens is 1. The van der Waals surface area contributed by atoms with Crippen LogP contribution < -0.4 is 5.73 Å². The Bertz CT molecular complexity index is 418. The summed E-state index contributed by atoms with van der Waals surface area (Å²) in [5, 5.41) is 8.80. The molecular formula is C13H18N2O2. The predicted octanol–water partition coefficient (Wildman–Crippen LogP) is 1.82. The maximum atomic E-state index is 10.7. The largest absolute Gasteiger partial charge is 0.481 e. The van der Waals surface area contributed by atoms with E-state index in [1.54, 1.807) is 6.20 Å². The first-order valence-electron chi connectivity index (χ1n) is 6.11. The molecule has 17 heavy (non-hydrogen) atoms. The van der Waals surface area contributed by atoms with Gasteiger partial charge in [0, 0.05) is 18.4 Å². The van der Waals surface area contributed by atoms with Crippen molar-refractivity contribution in [3.8, 4) is 0 Å². The van der Waals surface area contributed by atoms with Crippen molar-refractivity contribution >= 4 is 5.97 Å². The molecule has 0 bridgehead atoms. The van der Waals surface area contributed by atoms with E-state index >= 15 is 0 Å². The summed E-state index contributed by atoms with van der Waals surface area (Å²) in [7, 11) is 0. The number of hydrogen-bond donors (Lipinski definition) is 2. The van der Waals surface area contributed by atoms with Crippen LogP contribution in [0.15, 0.2) is 12.4 Å². The lowest BCUT2D eigenvalue weighted by Crippen LogP contribution is -2.18. The normalized spacial score (nSPS) is 17.0. The van der Waals surface area contributed by atoms with Gasteiger partial charge in [0.2, 0.25) is 0 Å². The van der Waals surface area contributed by atoms with Crippen molar-refractivity contribution < 1.29 is 9.90 Å². The topological polar surface area (TPSA) is 76.2 Å². The number of pyridine rings is 1. The van der Waals surface area contributed by atoms with Gasteiger partial charge in [-0.25, -0.2) is 0 Å². The average molecular weight is 234 g/mol. The van der Waals surface area contributed by atoms with Crippen molar-refractivity contribution in [2.75, 3.05) is 0 Å². The lowest BCUT2D eigenvalue weighted by Gasteiger charge is -2.16. The summed E-state index contributed by atoms with van der Waals surface area (Å²) in [6, 6.07) is -0.437. The van der Waals surface area contributed by atoms with E-state index in [1.165, 1.54) is 24.0 Å². The Balaban J connectivity index is 2.30. The number of carbonyl (C=O) groups is 1. The van der Waals surface area contributed by atoms with Crippen molar-refractivity contribution in [2.24, 2.45) is 5.73 Å². The third-order valence-electron chi connectivity index (χ3n) is 3.35. The molecule has 1 heterocycles. The second-order valence-corrected chi connectivity index (χ2v) is 4.63. The van der Waals surface area contributed by atoms with E-state index in [9.17, 15) is 4.79 Å². The third-order valence-corrected chi connectivity index (χ3v) is 3.35. The Morgan fingerprint density at radius 1 is 1.35 bits per heavy atom. The molecule has 3 N–H and O–H groups in total. The van der Waals surface area contributed by atoms with Gasteiger partial charge < -0.3 is 10.8 Å². The van der Waals surface area contributed by atoms with Crippen LogP contribution in [0, 0.1) is 0 Å². The summed E-state index contributed by atoms with van der Waals surface area (Å²) in [5.41, 5.74) is 9.37. The minimum absolute atomic E-state index is 0.0296. The van der Waals surface area contributed by atoms with Crippen LogP contribution in [0.3, 0.4) is 0 Å². The molecule has 0 amide bonds. The maximum Gasteiger partial charge on any atom is 0.305 e. The summed E-state index contributed by atoms with van der Waals surface area (Å²) in [6.07, 6.45) is 9.21. The number of aliphatic carboxylic acids is 1. The summed E-state index contributed by atoms with van der Waals surface area (Å²) in [5.74, 6) is -0.858. The van der Waals surface area contributed by atoms with E-state index in [-0.39, 0.29) is 6.42 Å². The lowest BCUT2D eigenvalue weighted by atomic mass is 9.94. The van der Waals surface area contributed by atoms with Gasteiger partial charge in [-0.1, -0.05) is 6.42 Å². The second-order valence-electron chi connectivity index (χ2n) is 4.63. The molecule has 1 aromatic heterocycles. The summed E-state index contributed by atoms with van der Waals surface area (Å²) >= 11 is 0. The zero-order valence-corrected chi connectivity index (χ0v) is 9.85. The Kier molecular flexibility index (Phi) is 3.74. The molecule has 4 heteroatoms. The van der Waals surface area contributed by atoms with E-state index in [0.717, 1.165) is 24.8 Å². The SMILES string of the molecule is NC(CC(=O)O)c1cncc2c1CCCCC2. The first-order valence-corrected chi connectivity index (χ1v) is 6.11. The molecule has 1 aliphatic rings. The molecule has 1 aliphatic carbocycles. The minimum atomic E-state index is -0.858. The number of fused-ring (bicyclic) bond motifs is 1. The molecule has 0 spiro atoms. The fraction of sp³-hybridized carbons (Fsp3) is 0.538. The minimum Gasteiger partial charge on any atom is -0.481 e. The van der Waals surface area contributed by atoms with E-state index in [0.29, 0.717) is 0 Å². The van der Waals surface area contributed by atoms with Gasteiger partial charge in [0.15, 0.2) is 0 Å². The van der Waals surface area contributed by atoms with E-state index < -0.39 is 12.0 Å². The van der Waals surface area contributed by atoms with Crippen LogP contribution in [0.2, 0.25) is 0 Å². The summed E-state index contributed by atoms with van der Waals surface area (Å²) < 4.78 is 0. The Hall–Kier alpha value is -1.42. The summed E-state index contributed by atoms with van der Waals surface area (Å²) in [6.45, 7) is 0. The molecule has 0 fully saturated rings. The highest BCUT2D eigenvalue weighted by atomic mass is 16.4. The van der Waals surface area contributed by atoms with Crippen LogP contribution in [0.5, 0.6) is 0 Å². The molecule has 1 aromatic rings. The smallest absolute Gasteiger partial charge is 0.305 e. The Labute approximate surface area is 101 Å². The van der Waals surface area contributed by atoms with Crippen LogP contribution in [-0.2, 0) is 17.6 Å². The Morgan fingerprint density at radius 3 is 2.88 bits per heavy atom. The van der Waals surface area contributed by atoms with E-state index in [1.807, 2.05) is 6.20 Å². The number of carboxylic acids is 1. The van der Waals surface area contributed by atoms with Crippen molar-refractivity contribution in [3.63, 3.8) is 0 Å². The van der Waals surface area contributed by atoms with Crippen molar-refractivity contribution in [1.82, 2.24) is 4.98 Å². The number of aryl methyl sites for hydroxylation is 1. The molecule has 0 radical (unpaired) electrons. The van der Waals surface area contributed by atoms with Crippen LogP contribution in [0.25, 0.3) is 0 Å². The molecule has 0 aromatic carbocycles. The highest BCUT2D eigenvalue weighted by Crippen LogP contribution is 2.27. The molecule has 0 aliphatic heterocycles. The standard InChI is InChI=1S/C13H18N2O2/c14-12(6-13(16)17)11-8-15-7-9-4-2-1-3-5-10(9)11/h7-8,12H,1-6,14H2,(H,16,17). The molecular weight excluding hydrogens is 216 g/mol. The van der Waals surface area contributed by atoms with Gasteiger partial charge in [0.05, 0.1) is 6.42 Å². The molecule has 4 nitrogen and oxygen atoms in total. The number of carboxylic acid groups (broad SMARTS) is 1. The monoisotopic (exact) mass is 234 g/mol. The van der Waals surface area contributed by atoms with E-state index in [2.05, 4.69) is 4.98 Å². The maximum absolute atomic E-state index is 10.7. The second kappa shape index (κ2) is 5.27. The highest BCUT2D eigenvalue weighted by molar-refractivity contribution is 5.68. The van der Waals surface area contributed by atoms with Gasteiger partial charge in [0.1, 0.15) is 0 Å². The van der Waals surface area contributed by atoms with Crippen LogP contribution >= 0.6 is 0 Å². The number of nitrogens with zero attached hydrogens (tertiary/aromatic N) is 1. The van der Waals surface area contributed by atoms with Gasteiger partial charge in [0.25, 0.3) is 0 Å². The first kappa shape index (κ1) is 12.0. The Morgan fingerprint density at radius 2 is 2.12 bits per heavy atom. The van der Waals surface area contributed by atoms with Crippen LogP contribution in [-0.4, -0.2) is 16.1 Å². The molecule has 2 rings (SSSR count). The van der Waals surface area contributed by atoms with Gasteiger partial charge in [-0.05, 0) is 42.4 Å².